The molecular formula is C31H38N2O2S. The van der Waals surface area contributed by atoms with Crippen molar-refractivity contribution in [1.82, 2.24) is 9.80 Å². The molecule has 4 nitrogen and oxygen atoms in total. The Morgan fingerprint density at radius 3 is 2.39 bits per heavy atom. The predicted molar refractivity (Wildman–Crippen MR) is 149 cm³/mol. The van der Waals surface area contributed by atoms with Crippen molar-refractivity contribution in [3.8, 4) is 0 Å². The first-order valence-corrected chi connectivity index (χ1v) is 14.2. The molecule has 3 aromatic rings. The summed E-state index contributed by atoms with van der Waals surface area (Å²) in [6, 6.07) is 18.5. The van der Waals surface area contributed by atoms with Crippen molar-refractivity contribution in [3.05, 3.63) is 92.7 Å². The van der Waals surface area contributed by atoms with E-state index in [1.165, 1.54) is 21.6 Å². The highest BCUT2D eigenvalue weighted by molar-refractivity contribution is 7.10. The Morgan fingerprint density at radius 1 is 0.972 bits per heavy atom. The van der Waals surface area contributed by atoms with Crippen LogP contribution in [-0.4, -0.2) is 41.2 Å². The summed E-state index contributed by atoms with van der Waals surface area (Å²) >= 11 is 1.77. The highest BCUT2D eigenvalue weighted by atomic mass is 32.1. The van der Waals surface area contributed by atoms with Crippen LogP contribution in [0, 0.1) is 6.92 Å². The van der Waals surface area contributed by atoms with E-state index in [1.807, 2.05) is 17.0 Å². The second-order valence-corrected chi connectivity index (χ2v) is 10.8. The Labute approximate surface area is 219 Å². The molecule has 2 amide bonds. The second kappa shape index (κ2) is 12.4. The number of aryl methyl sites for hydroxylation is 2. The molecule has 0 saturated heterocycles. The van der Waals surface area contributed by atoms with Gasteiger partial charge in [-0.2, -0.15) is 0 Å². The monoisotopic (exact) mass is 502 g/mol. The lowest BCUT2D eigenvalue weighted by atomic mass is 9.92. The van der Waals surface area contributed by atoms with Crippen molar-refractivity contribution >= 4 is 23.2 Å². The number of fused-ring (bicyclic) bond motifs is 1. The third-order valence-corrected chi connectivity index (χ3v) is 8.09. The number of hydrogen-bond donors (Lipinski definition) is 0. The summed E-state index contributed by atoms with van der Waals surface area (Å²) in [4.78, 5) is 32.4. The number of carbonyl (C=O) groups is 2. The Bertz CT molecular complexity index is 1150. The molecule has 1 unspecified atom stereocenters. The topological polar surface area (TPSA) is 40.6 Å². The Balaban J connectivity index is 1.55. The lowest BCUT2D eigenvalue weighted by Crippen LogP contribution is -2.47. The minimum Gasteiger partial charge on any atom is -0.330 e. The minimum absolute atomic E-state index is 0.0152. The van der Waals surface area contributed by atoms with Gasteiger partial charge in [-0.3, -0.25) is 9.59 Å². The highest BCUT2D eigenvalue weighted by Gasteiger charge is 2.34. The van der Waals surface area contributed by atoms with Crippen molar-refractivity contribution in [2.24, 2.45) is 0 Å². The lowest BCUT2D eigenvalue weighted by molar-refractivity contribution is -0.134. The van der Waals surface area contributed by atoms with Gasteiger partial charge in [0.2, 0.25) is 5.91 Å². The minimum atomic E-state index is -0.103. The molecule has 36 heavy (non-hydrogen) atoms. The largest absolute Gasteiger partial charge is 0.330 e. The van der Waals surface area contributed by atoms with Gasteiger partial charge in [-0.05, 0) is 72.9 Å². The first-order valence-electron chi connectivity index (χ1n) is 13.3. The van der Waals surface area contributed by atoms with Gasteiger partial charge in [-0.1, -0.05) is 68.7 Å². The van der Waals surface area contributed by atoms with E-state index >= 15 is 0 Å². The average Bonchev–Trinajstić information content (AvgIpc) is 3.38. The second-order valence-electron chi connectivity index (χ2n) is 9.83. The molecule has 0 radical (unpaired) electrons. The van der Waals surface area contributed by atoms with Crippen LogP contribution in [0.25, 0.3) is 0 Å². The van der Waals surface area contributed by atoms with Gasteiger partial charge < -0.3 is 9.80 Å². The Morgan fingerprint density at radius 2 is 1.69 bits per heavy atom. The summed E-state index contributed by atoms with van der Waals surface area (Å²) in [6.45, 7) is 7.75. The number of hydrogen-bond acceptors (Lipinski definition) is 3. The van der Waals surface area contributed by atoms with Gasteiger partial charge in [0.15, 0.2) is 0 Å². The zero-order chi connectivity index (χ0) is 25.5. The molecule has 0 spiro atoms. The smallest absolute Gasteiger partial charge is 0.254 e. The van der Waals surface area contributed by atoms with Gasteiger partial charge in [-0.15, -0.1) is 11.3 Å². The third kappa shape index (κ3) is 6.07. The van der Waals surface area contributed by atoms with Crippen molar-refractivity contribution in [1.29, 1.82) is 0 Å². The molecule has 0 saturated carbocycles. The summed E-state index contributed by atoms with van der Waals surface area (Å²) in [5.74, 6) is -0.0413. The van der Waals surface area contributed by atoms with Gasteiger partial charge in [0.25, 0.3) is 5.91 Å². The maximum Gasteiger partial charge on any atom is 0.254 e. The summed E-state index contributed by atoms with van der Waals surface area (Å²) in [5, 5.41) is 2.13. The normalized spacial score (nSPS) is 15.0. The van der Waals surface area contributed by atoms with Crippen molar-refractivity contribution < 1.29 is 9.59 Å². The predicted octanol–water partition coefficient (Wildman–Crippen LogP) is 6.82. The molecule has 1 aliphatic heterocycles. The first-order chi connectivity index (χ1) is 17.5. The number of amides is 2. The van der Waals surface area contributed by atoms with Gasteiger partial charge in [-0.25, -0.2) is 0 Å². The van der Waals surface area contributed by atoms with Crippen molar-refractivity contribution in [3.63, 3.8) is 0 Å². The molecule has 1 aromatic heterocycles. The van der Waals surface area contributed by atoms with Crippen LogP contribution in [-0.2, 0) is 17.6 Å². The zero-order valence-electron chi connectivity index (χ0n) is 21.8. The van der Waals surface area contributed by atoms with E-state index < -0.39 is 0 Å². The molecule has 0 fully saturated rings. The number of benzene rings is 2. The summed E-state index contributed by atoms with van der Waals surface area (Å²) < 4.78 is 0. The Hall–Kier alpha value is -2.92. The van der Waals surface area contributed by atoms with Gasteiger partial charge in [0.05, 0.1) is 6.04 Å². The van der Waals surface area contributed by atoms with Crippen molar-refractivity contribution in [2.45, 2.75) is 65.3 Å². The number of unbranched alkanes of at least 4 members (excludes halogenated alkanes) is 2. The fraction of sp³-hybridized carbons (Fsp3) is 0.419. The number of nitrogens with zero attached hydrogens (tertiary/aromatic N) is 2. The summed E-state index contributed by atoms with van der Waals surface area (Å²) in [6.07, 6.45) is 6.05. The van der Waals surface area contributed by atoms with Gasteiger partial charge in [0.1, 0.15) is 6.54 Å². The Kier molecular flexibility index (Phi) is 8.98. The lowest BCUT2D eigenvalue weighted by Gasteiger charge is -2.37. The fourth-order valence-corrected chi connectivity index (χ4v) is 5.83. The number of carbonyl (C=O) groups excluding carboxylic acids is 2. The summed E-state index contributed by atoms with van der Waals surface area (Å²) in [7, 11) is 0. The van der Waals surface area contributed by atoms with Crippen LogP contribution in [0.2, 0.25) is 0 Å². The molecule has 5 heteroatoms. The maximum absolute atomic E-state index is 13.8. The molecular weight excluding hydrogens is 464 g/mol. The van der Waals surface area contributed by atoms with Crippen LogP contribution >= 0.6 is 11.3 Å². The van der Waals surface area contributed by atoms with E-state index in [0.717, 1.165) is 44.1 Å². The standard InChI is InChI=1S/C31H38N2O2S/c1-4-6-8-24-11-15-26(16-12-24)31(35)32(19-7-5-2)22-29(34)33-20-17-28-27(18-21-36-28)30(33)25-13-9-23(3)10-14-25/h9-16,18,21,30H,4-8,17,19-20,22H2,1-3H3. The molecule has 190 valence electrons. The van der Waals surface area contributed by atoms with E-state index in [2.05, 4.69) is 68.6 Å². The van der Waals surface area contributed by atoms with Crippen LogP contribution in [0.15, 0.2) is 60.0 Å². The maximum atomic E-state index is 13.8. The number of rotatable bonds is 10. The molecule has 1 atom stereocenters. The van der Waals surface area contributed by atoms with Crippen LogP contribution in [0.4, 0.5) is 0 Å². The quantitative estimate of drug-likeness (QED) is 0.305. The van der Waals surface area contributed by atoms with E-state index in [4.69, 9.17) is 0 Å². The molecule has 1 aliphatic rings. The summed E-state index contributed by atoms with van der Waals surface area (Å²) in [5.41, 5.74) is 5.47. The highest BCUT2D eigenvalue weighted by Crippen LogP contribution is 2.38. The molecule has 0 N–H and O–H groups in total. The molecule has 4 rings (SSSR count). The van der Waals surface area contributed by atoms with Crippen LogP contribution in [0.5, 0.6) is 0 Å². The molecule has 2 heterocycles. The average molecular weight is 503 g/mol. The molecule has 0 bridgehead atoms. The van der Waals surface area contributed by atoms with E-state index in [0.29, 0.717) is 18.7 Å². The zero-order valence-corrected chi connectivity index (χ0v) is 22.7. The van der Waals surface area contributed by atoms with E-state index in [9.17, 15) is 9.59 Å². The van der Waals surface area contributed by atoms with Gasteiger partial charge in [0, 0.05) is 23.5 Å². The number of thiophene rings is 1. The first kappa shape index (κ1) is 26.2. The van der Waals surface area contributed by atoms with E-state index in [1.54, 1.807) is 16.2 Å². The van der Waals surface area contributed by atoms with Crippen LogP contribution < -0.4 is 0 Å². The molecule has 2 aromatic carbocycles. The van der Waals surface area contributed by atoms with Crippen molar-refractivity contribution in [2.75, 3.05) is 19.6 Å². The molecule has 0 aliphatic carbocycles. The SMILES string of the molecule is CCCCc1ccc(C(=O)N(CCCC)CC(=O)N2CCc3sccc3C2c2ccc(C)cc2)cc1. The fourth-order valence-electron chi connectivity index (χ4n) is 4.93. The third-order valence-electron chi connectivity index (χ3n) is 7.09. The van der Waals surface area contributed by atoms with Gasteiger partial charge >= 0.3 is 0 Å². The van der Waals surface area contributed by atoms with Crippen LogP contribution in [0.1, 0.15) is 83.1 Å². The van der Waals surface area contributed by atoms with Crippen LogP contribution in [0.3, 0.4) is 0 Å². The van der Waals surface area contributed by atoms with E-state index in [-0.39, 0.29) is 24.4 Å².